The molecular formula is C26H27FN8O. The Hall–Kier alpha value is -4.21. The van der Waals surface area contributed by atoms with Crippen LogP contribution in [0.5, 0.6) is 0 Å². The fourth-order valence-corrected chi connectivity index (χ4v) is 4.29. The molecule has 0 spiro atoms. The third kappa shape index (κ3) is 3.98. The predicted octanol–water partition coefficient (Wildman–Crippen LogP) is 3.89. The summed E-state index contributed by atoms with van der Waals surface area (Å²) in [6, 6.07) is 10.2. The van der Waals surface area contributed by atoms with Gasteiger partial charge < -0.3 is 11.1 Å². The SMILES string of the molecule is CCCCNC(=O)c1nc(-c2nn(Cc3ccccc3F)c3ncccc23)nc2c1C(C)(C)C(N)=N2. The lowest BCUT2D eigenvalue weighted by Crippen LogP contribution is -2.36. The first-order valence-corrected chi connectivity index (χ1v) is 11.9. The number of rotatable bonds is 7. The van der Waals surface area contributed by atoms with E-state index in [-0.39, 0.29) is 29.8 Å². The van der Waals surface area contributed by atoms with Gasteiger partial charge in [-0.05, 0) is 38.5 Å². The van der Waals surface area contributed by atoms with Gasteiger partial charge in [-0.1, -0.05) is 31.5 Å². The van der Waals surface area contributed by atoms with Crippen molar-refractivity contribution in [2.45, 2.75) is 45.6 Å². The molecule has 0 saturated carbocycles. The summed E-state index contributed by atoms with van der Waals surface area (Å²) in [5.74, 6) is 0.306. The van der Waals surface area contributed by atoms with Gasteiger partial charge in [0.2, 0.25) is 0 Å². The van der Waals surface area contributed by atoms with Gasteiger partial charge in [-0.3, -0.25) is 4.79 Å². The van der Waals surface area contributed by atoms with Gasteiger partial charge in [0.15, 0.2) is 17.3 Å². The molecule has 1 amide bonds. The molecule has 9 nitrogen and oxygen atoms in total. The number of hydrogen-bond acceptors (Lipinski definition) is 7. The van der Waals surface area contributed by atoms with Crippen LogP contribution in [0.15, 0.2) is 47.6 Å². The van der Waals surface area contributed by atoms with Crippen molar-refractivity contribution >= 4 is 28.6 Å². The smallest absolute Gasteiger partial charge is 0.270 e. The van der Waals surface area contributed by atoms with Crippen LogP contribution in [-0.2, 0) is 12.0 Å². The molecule has 1 aromatic carbocycles. The number of nitrogens with two attached hydrogens (primary N) is 1. The molecule has 0 atom stereocenters. The Morgan fingerprint density at radius 2 is 1.97 bits per heavy atom. The highest BCUT2D eigenvalue weighted by Gasteiger charge is 2.40. The number of amidine groups is 1. The van der Waals surface area contributed by atoms with Crippen molar-refractivity contribution < 1.29 is 9.18 Å². The van der Waals surface area contributed by atoms with E-state index in [4.69, 9.17) is 10.8 Å². The van der Waals surface area contributed by atoms with E-state index in [1.54, 1.807) is 35.1 Å². The fraction of sp³-hybridized carbons (Fsp3) is 0.308. The highest BCUT2D eigenvalue weighted by Crippen LogP contribution is 2.40. The molecule has 4 heterocycles. The Kier molecular flexibility index (Phi) is 5.95. The first-order chi connectivity index (χ1) is 17.3. The molecule has 1 aliphatic rings. The van der Waals surface area contributed by atoms with E-state index in [1.165, 1.54) is 6.07 Å². The van der Waals surface area contributed by atoms with Crippen LogP contribution in [0.4, 0.5) is 10.2 Å². The highest BCUT2D eigenvalue weighted by atomic mass is 19.1. The number of carbonyl (C=O) groups is 1. The van der Waals surface area contributed by atoms with E-state index in [2.05, 4.69) is 32.2 Å². The van der Waals surface area contributed by atoms with Crippen LogP contribution in [0.1, 0.15) is 55.2 Å². The molecule has 0 aliphatic carbocycles. The summed E-state index contributed by atoms with van der Waals surface area (Å²) in [6.45, 7) is 6.55. The van der Waals surface area contributed by atoms with Gasteiger partial charge in [-0.15, -0.1) is 0 Å². The highest BCUT2D eigenvalue weighted by molar-refractivity contribution is 6.04. The molecule has 0 radical (unpaired) electrons. The third-order valence-electron chi connectivity index (χ3n) is 6.41. The number of aromatic nitrogens is 5. The van der Waals surface area contributed by atoms with E-state index in [0.29, 0.717) is 46.1 Å². The van der Waals surface area contributed by atoms with Crippen molar-refractivity contribution in [3.05, 3.63) is 65.2 Å². The number of nitrogens with one attached hydrogen (secondary N) is 1. The molecule has 1 aliphatic heterocycles. The number of amides is 1. The summed E-state index contributed by atoms with van der Waals surface area (Å²) in [7, 11) is 0. The summed E-state index contributed by atoms with van der Waals surface area (Å²) in [5, 5.41) is 8.33. The maximum atomic E-state index is 14.4. The van der Waals surface area contributed by atoms with Crippen LogP contribution in [0.2, 0.25) is 0 Å². The van der Waals surface area contributed by atoms with Gasteiger partial charge >= 0.3 is 0 Å². The van der Waals surface area contributed by atoms with Crippen molar-refractivity contribution in [3.8, 4) is 11.5 Å². The largest absolute Gasteiger partial charge is 0.386 e. The summed E-state index contributed by atoms with van der Waals surface area (Å²) < 4.78 is 16.0. The van der Waals surface area contributed by atoms with Crippen LogP contribution >= 0.6 is 0 Å². The van der Waals surface area contributed by atoms with Gasteiger partial charge in [0.05, 0.1) is 17.3 Å². The average Bonchev–Trinajstić information content (AvgIpc) is 3.34. The standard InChI is InChI=1S/C26H27FN8O/c1-4-5-12-30-24(36)20-18-21(33-25(28)26(18,2)3)32-22(31-20)19-16-10-8-13-29-23(16)35(34-19)14-15-9-6-7-11-17(15)27/h6-11,13H,4-5,12,14H2,1-3H3,(H,30,36)(H2,28,31,32,33). The maximum Gasteiger partial charge on any atom is 0.270 e. The first-order valence-electron chi connectivity index (χ1n) is 11.9. The van der Waals surface area contributed by atoms with Crippen LogP contribution in [0, 0.1) is 5.82 Å². The number of aliphatic imine (C=N–C) groups is 1. The summed E-state index contributed by atoms with van der Waals surface area (Å²) in [5.41, 5.74) is 7.80. The van der Waals surface area contributed by atoms with Crippen molar-refractivity contribution in [1.29, 1.82) is 0 Å². The van der Waals surface area contributed by atoms with Crippen molar-refractivity contribution in [3.63, 3.8) is 0 Å². The summed E-state index contributed by atoms with van der Waals surface area (Å²) in [4.78, 5) is 31.5. The molecule has 5 rings (SSSR count). The Labute approximate surface area is 207 Å². The Morgan fingerprint density at radius 3 is 2.75 bits per heavy atom. The third-order valence-corrected chi connectivity index (χ3v) is 6.41. The van der Waals surface area contributed by atoms with Crippen molar-refractivity contribution in [2.24, 2.45) is 10.7 Å². The lowest BCUT2D eigenvalue weighted by atomic mass is 9.84. The Bertz CT molecular complexity index is 1510. The molecule has 4 aromatic rings. The van der Waals surface area contributed by atoms with E-state index in [1.807, 2.05) is 19.9 Å². The second-order valence-corrected chi connectivity index (χ2v) is 9.30. The molecule has 0 fully saturated rings. The zero-order chi connectivity index (χ0) is 25.4. The van der Waals surface area contributed by atoms with Crippen LogP contribution < -0.4 is 11.1 Å². The second-order valence-electron chi connectivity index (χ2n) is 9.30. The lowest BCUT2D eigenvalue weighted by molar-refractivity contribution is 0.0946. The van der Waals surface area contributed by atoms with Gasteiger partial charge in [-0.2, -0.15) is 5.10 Å². The van der Waals surface area contributed by atoms with Crippen molar-refractivity contribution in [1.82, 2.24) is 30.0 Å². The van der Waals surface area contributed by atoms with Gasteiger partial charge in [0.1, 0.15) is 23.0 Å². The molecule has 184 valence electrons. The minimum atomic E-state index is -0.695. The summed E-state index contributed by atoms with van der Waals surface area (Å²) >= 11 is 0. The fourth-order valence-electron chi connectivity index (χ4n) is 4.29. The number of pyridine rings is 1. The maximum absolute atomic E-state index is 14.4. The zero-order valence-corrected chi connectivity index (χ0v) is 20.4. The van der Waals surface area contributed by atoms with E-state index >= 15 is 0 Å². The lowest BCUT2D eigenvalue weighted by Gasteiger charge is -2.21. The minimum absolute atomic E-state index is 0.174. The Morgan fingerprint density at radius 1 is 1.17 bits per heavy atom. The average molecular weight is 487 g/mol. The molecule has 0 unspecified atom stereocenters. The molecule has 3 aromatic heterocycles. The van der Waals surface area contributed by atoms with Gasteiger partial charge in [0, 0.05) is 23.9 Å². The molecule has 0 bridgehead atoms. The summed E-state index contributed by atoms with van der Waals surface area (Å²) in [6.07, 6.45) is 3.45. The number of halogens is 1. The number of carbonyl (C=O) groups excluding carboxylic acids is 1. The Balaban J connectivity index is 1.66. The zero-order valence-electron chi connectivity index (χ0n) is 20.4. The second kappa shape index (κ2) is 9.10. The monoisotopic (exact) mass is 486 g/mol. The molecule has 3 N–H and O–H groups in total. The van der Waals surface area contributed by atoms with Crippen LogP contribution in [0.3, 0.4) is 0 Å². The van der Waals surface area contributed by atoms with E-state index in [0.717, 1.165) is 12.8 Å². The normalized spacial score (nSPS) is 14.1. The van der Waals surface area contributed by atoms with Gasteiger partial charge in [-0.25, -0.2) is 29.0 Å². The predicted molar refractivity (Wildman–Crippen MR) is 136 cm³/mol. The van der Waals surface area contributed by atoms with Crippen LogP contribution in [-0.4, -0.2) is 43.0 Å². The quantitative estimate of drug-likeness (QED) is 0.382. The van der Waals surface area contributed by atoms with Gasteiger partial charge in [0.25, 0.3) is 5.91 Å². The van der Waals surface area contributed by atoms with Crippen molar-refractivity contribution in [2.75, 3.05) is 6.54 Å². The molecule has 10 heteroatoms. The topological polar surface area (TPSA) is 124 Å². The van der Waals surface area contributed by atoms with E-state index < -0.39 is 5.41 Å². The number of unbranched alkanes of at least 4 members (excludes halogenated alkanes) is 1. The molecule has 36 heavy (non-hydrogen) atoms. The number of fused-ring (bicyclic) bond motifs is 2. The molecular weight excluding hydrogens is 459 g/mol. The number of hydrogen-bond donors (Lipinski definition) is 2. The number of nitrogens with zero attached hydrogens (tertiary/aromatic N) is 6. The number of benzene rings is 1. The first kappa shape index (κ1) is 23.5. The van der Waals surface area contributed by atoms with Crippen LogP contribution in [0.25, 0.3) is 22.6 Å². The minimum Gasteiger partial charge on any atom is -0.386 e. The molecule has 0 saturated heterocycles. The van der Waals surface area contributed by atoms with E-state index in [9.17, 15) is 9.18 Å².